The van der Waals surface area contributed by atoms with Gasteiger partial charge in [0.25, 0.3) is 5.91 Å². The first-order chi connectivity index (χ1) is 13.4. The molecule has 0 aliphatic carbocycles. The van der Waals surface area contributed by atoms with Gasteiger partial charge in [-0.25, -0.2) is 0 Å². The summed E-state index contributed by atoms with van der Waals surface area (Å²) in [4.78, 5) is 12.0. The van der Waals surface area contributed by atoms with Crippen LogP contribution in [0.5, 0.6) is 5.75 Å². The molecule has 1 aliphatic heterocycles. The van der Waals surface area contributed by atoms with Gasteiger partial charge in [0, 0.05) is 25.1 Å². The van der Waals surface area contributed by atoms with Crippen LogP contribution in [0.15, 0.2) is 48.5 Å². The van der Waals surface area contributed by atoms with Gasteiger partial charge in [-0.05, 0) is 55.3 Å². The molecule has 1 aliphatic rings. The van der Waals surface area contributed by atoms with E-state index in [4.69, 9.17) is 4.74 Å². The fourth-order valence-corrected chi connectivity index (χ4v) is 3.12. The molecule has 1 atom stereocenters. The van der Waals surface area contributed by atoms with Crippen molar-refractivity contribution < 1.29 is 22.7 Å². The number of rotatable bonds is 8. The van der Waals surface area contributed by atoms with Gasteiger partial charge < -0.3 is 15.4 Å². The number of para-hydroxylation sites is 1. The first kappa shape index (κ1) is 20.2. The number of nitrogens with one attached hydrogen (secondary N) is 2. The normalized spacial score (nSPS) is 15.8. The zero-order chi connectivity index (χ0) is 20.0. The third-order valence-corrected chi connectivity index (χ3v) is 4.63. The monoisotopic (exact) mass is 392 g/mol. The van der Waals surface area contributed by atoms with E-state index >= 15 is 0 Å². The van der Waals surface area contributed by atoms with Crippen molar-refractivity contribution in [3.8, 4) is 5.75 Å². The average Bonchev–Trinajstić information content (AvgIpc) is 3.09. The van der Waals surface area contributed by atoms with Crippen LogP contribution >= 0.6 is 0 Å². The SMILES string of the molecule is O=C(NCCCCNCC1Cc2ccccc2O1)c1ccc(C(F)(F)F)cc1. The first-order valence-corrected chi connectivity index (χ1v) is 9.34. The Bertz CT molecular complexity index is 766. The molecule has 3 rings (SSSR count). The summed E-state index contributed by atoms with van der Waals surface area (Å²) in [6.07, 6.45) is -1.67. The summed E-state index contributed by atoms with van der Waals surface area (Å²) < 4.78 is 43.4. The largest absolute Gasteiger partial charge is 0.488 e. The molecule has 2 aromatic carbocycles. The lowest BCUT2D eigenvalue weighted by atomic mass is 10.1. The standard InChI is InChI=1S/C21H23F3N2O2/c22-21(23,24)17-9-7-15(8-10-17)20(27)26-12-4-3-11-25-14-18-13-16-5-1-2-6-19(16)28-18/h1-2,5-10,18,25H,3-4,11-14H2,(H,26,27). The summed E-state index contributed by atoms with van der Waals surface area (Å²) in [6, 6.07) is 12.3. The molecule has 0 fully saturated rings. The number of hydrogen-bond donors (Lipinski definition) is 2. The molecular formula is C21H23F3N2O2. The van der Waals surface area contributed by atoms with Crippen molar-refractivity contribution in [3.63, 3.8) is 0 Å². The molecule has 0 spiro atoms. The van der Waals surface area contributed by atoms with E-state index in [9.17, 15) is 18.0 Å². The lowest BCUT2D eigenvalue weighted by Gasteiger charge is -2.12. The third kappa shape index (κ3) is 5.48. The van der Waals surface area contributed by atoms with Crippen molar-refractivity contribution >= 4 is 5.91 Å². The smallest absolute Gasteiger partial charge is 0.416 e. The van der Waals surface area contributed by atoms with Gasteiger partial charge in [0.1, 0.15) is 11.9 Å². The minimum atomic E-state index is -4.39. The van der Waals surface area contributed by atoms with E-state index in [2.05, 4.69) is 16.7 Å². The molecule has 0 radical (unpaired) electrons. The van der Waals surface area contributed by atoms with Crippen LogP contribution in [-0.2, 0) is 12.6 Å². The molecule has 7 heteroatoms. The minimum Gasteiger partial charge on any atom is -0.488 e. The van der Waals surface area contributed by atoms with Crippen LogP contribution < -0.4 is 15.4 Å². The maximum absolute atomic E-state index is 12.5. The number of benzene rings is 2. The second-order valence-corrected chi connectivity index (χ2v) is 6.79. The molecule has 1 unspecified atom stereocenters. The highest BCUT2D eigenvalue weighted by molar-refractivity contribution is 5.94. The van der Waals surface area contributed by atoms with Gasteiger partial charge in [0.2, 0.25) is 0 Å². The predicted molar refractivity (Wildman–Crippen MR) is 100 cm³/mol. The van der Waals surface area contributed by atoms with Gasteiger partial charge >= 0.3 is 6.18 Å². The molecule has 0 aromatic heterocycles. The maximum Gasteiger partial charge on any atom is 0.416 e. The summed E-state index contributed by atoms with van der Waals surface area (Å²) in [7, 11) is 0. The highest BCUT2D eigenvalue weighted by Gasteiger charge is 2.30. The summed E-state index contributed by atoms with van der Waals surface area (Å²) >= 11 is 0. The number of carbonyl (C=O) groups is 1. The molecule has 28 heavy (non-hydrogen) atoms. The molecule has 2 aromatic rings. The van der Waals surface area contributed by atoms with E-state index < -0.39 is 11.7 Å². The van der Waals surface area contributed by atoms with E-state index in [0.717, 1.165) is 50.2 Å². The van der Waals surface area contributed by atoms with Gasteiger partial charge in [0.15, 0.2) is 0 Å². The Hall–Kier alpha value is -2.54. The zero-order valence-electron chi connectivity index (χ0n) is 15.4. The van der Waals surface area contributed by atoms with Gasteiger partial charge in [0.05, 0.1) is 5.56 Å². The third-order valence-electron chi connectivity index (χ3n) is 4.63. The van der Waals surface area contributed by atoms with Gasteiger partial charge in [-0.2, -0.15) is 13.2 Å². The molecule has 0 saturated heterocycles. The molecule has 4 nitrogen and oxygen atoms in total. The lowest BCUT2D eigenvalue weighted by molar-refractivity contribution is -0.137. The van der Waals surface area contributed by atoms with E-state index in [1.165, 1.54) is 17.7 Å². The summed E-state index contributed by atoms with van der Waals surface area (Å²) in [5, 5.41) is 6.09. The van der Waals surface area contributed by atoms with Crippen molar-refractivity contribution in [3.05, 3.63) is 65.2 Å². The average molecular weight is 392 g/mol. The van der Waals surface area contributed by atoms with Gasteiger partial charge in [-0.1, -0.05) is 18.2 Å². The minimum absolute atomic E-state index is 0.150. The second kappa shape index (κ2) is 9.10. The van der Waals surface area contributed by atoms with E-state index in [1.54, 1.807) is 0 Å². The van der Waals surface area contributed by atoms with Crippen LogP contribution in [0.25, 0.3) is 0 Å². The van der Waals surface area contributed by atoms with Crippen molar-refractivity contribution in [2.24, 2.45) is 0 Å². The quantitative estimate of drug-likeness (QED) is 0.672. The summed E-state index contributed by atoms with van der Waals surface area (Å²) in [6.45, 7) is 2.06. The van der Waals surface area contributed by atoms with Crippen LogP contribution in [-0.4, -0.2) is 31.6 Å². The number of halogens is 3. The number of hydrogen-bond acceptors (Lipinski definition) is 3. The van der Waals surface area contributed by atoms with Crippen molar-refractivity contribution in [1.82, 2.24) is 10.6 Å². The molecule has 150 valence electrons. The summed E-state index contributed by atoms with van der Waals surface area (Å²) in [5.74, 6) is 0.596. The van der Waals surface area contributed by atoms with Crippen LogP contribution in [0.2, 0.25) is 0 Å². The number of alkyl halides is 3. The van der Waals surface area contributed by atoms with Crippen LogP contribution in [0, 0.1) is 0 Å². The van der Waals surface area contributed by atoms with Gasteiger partial charge in [-0.15, -0.1) is 0 Å². The topological polar surface area (TPSA) is 50.4 Å². The fourth-order valence-electron chi connectivity index (χ4n) is 3.12. The predicted octanol–water partition coefficient (Wildman–Crippen LogP) is 3.81. The molecule has 1 heterocycles. The first-order valence-electron chi connectivity index (χ1n) is 9.34. The number of unbranched alkanes of at least 4 members (excludes halogenated alkanes) is 1. The molecule has 0 bridgehead atoms. The second-order valence-electron chi connectivity index (χ2n) is 6.79. The molecule has 0 saturated carbocycles. The Morgan fingerprint density at radius 3 is 2.46 bits per heavy atom. The van der Waals surface area contributed by atoms with Crippen molar-refractivity contribution in [2.45, 2.75) is 31.5 Å². The lowest BCUT2D eigenvalue weighted by Crippen LogP contribution is -2.31. The molecule has 1 amide bonds. The number of amides is 1. The fraction of sp³-hybridized carbons (Fsp3) is 0.381. The Balaban J connectivity index is 1.27. The van der Waals surface area contributed by atoms with Gasteiger partial charge in [-0.3, -0.25) is 4.79 Å². The van der Waals surface area contributed by atoms with E-state index in [0.29, 0.717) is 6.54 Å². The van der Waals surface area contributed by atoms with Crippen LogP contribution in [0.4, 0.5) is 13.2 Å². The number of fused-ring (bicyclic) bond motifs is 1. The van der Waals surface area contributed by atoms with E-state index in [-0.39, 0.29) is 17.6 Å². The highest BCUT2D eigenvalue weighted by Crippen LogP contribution is 2.29. The Morgan fingerprint density at radius 2 is 1.75 bits per heavy atom. The van der Waals surface area contributed by atoms with Crippen LogP contribution in [0.1, 0.15) is 34.3 Å². The summed E-state index contributed by atoms with van der Waals surface area (Å²) in [5.41, 5.74) is 0.703. The Kier molecular flexibility index (Phi) is 6.57. The molecular weight excluding hydrogens is 369 g/mol. The highest BCUT2D eigenvalue weighted by atomic mass is 19.4. The van der Waals surface area contributed by atoms with Crippen molar-refractivity contribution in [1.29, 1.82) is 0 Å². The van der Waals surface area contributed by atoms with Crippen LogP contribution in [0.3, 0.4) is 0 Å². The Morgan fingerprint density at radius 1 is 1.04 bits per heavy atom. The molecule has 2 N–H and O–H groups in total. The number of ether oxygens (including phenoxy) is 1. The maximum atomic E-state index is 12.5. The zero-order valence-corrected chi connectivity index (χ0v) is 15.4. The Labute approximate surface area is 162 Å². The number of carbonyl (C=O) groups excluding carboxylic acids is 1. The van der Waals surface area contributed by atoms with Crippen molar-refractivity contribution in [2.75, 3.05) is 19.6 Å². The van der Waals surface area contributed by atoms with E-state index in [1.807, 2.05) is 18.2 Å².